The van der Waals surface area contributed by atoms with Crippen molar-refractivity contribution in [1.82, 2.24) is 4.98 Å². The minimum Gasteiger partial charge on any atom is -0.244 e. The molecule has 5 heteroatoms. The van der Waals surface area contributed by atoms with E-state index in [0.29, 0.717) is 5.92 Å². The summed E-state index contributed by atoms with van der Waals surface area (Å²) in [6.45, 7) is 0. The smallest absolute Gasteiger partial charge is 0.180 e. The third-order valence-electron chi connectivity index (χ3n) is 2.36. The lowest BCUT2D eigenvalue weighted by atomic mass is 10.4. The number of nitriles is 1. The summed E-state index contributed by atoms with van der Waals surface area (Å²) in [6, 6.07) is 4.73. The van der Waals surface area contributed by atoms with Crippen molar-refractivity contribution in [1.29, 1.82) is 5.26 Å². The summed E-state index contributed by atoms with van der Waals surface area (Å²) < 4.78 is 23.5. The van der Waals surface area contributed by atoms with E-state index in [9.17, 15) is 8.42 Å². The van der Waals surface area contributed by atoms with E-state index in [1.54, 1.807) is 0 Å². The maximum atomic E-state index is 11.8. The van der Waals surface area contributed by atoms with Crippen molar-refractivity contribution in [3.05, 3.63) is 24.0 Å². The van der Waals surface area contributed by atoms with Crippen LogP contribution in [0.5, 0.6) is 0 Å². The van der Waals surface area contributed by atoms with E-state index in [0.717, 1.165) is 12.8 Å². The summed E-state index contributed by atoms with van der Waals surface area (Å²) in [5.41, 5.74) is 0.236. The lowest BCUT2D eigenvalue weighted by molar-refractivity contribution is 0.592. The van der Waals surface area contributed by atoms with Gasteiger partial charge in [-0.1, -0.05) is 0 Å². The van der Waals surface area contributed by atoms with Crippen molar-refractivity contribution in [2.24, 2.45) is 5.92 Å². The van der Waals surface area contributed by atoms with Crippen LogP contribution in [0.25, 0.3) is 0 Å². The summed E-state index contributed by atoms with van der Waals surface area (Å²) in [6.07, 6.45) is 3.27. The van der Waals surface area contributed by atoms with E-state index >= 15 is 0 Å². The average Bonchev–Trinajstić information content (AvgIpc) is 3.01. The Morgan fingerprint density at radius 3 is 2.67 bits per heavy atom. The van der Waals surface area contributed by atoms with Crippen LogP contribution < -0.4 is 0 Å². The highest BCUT2D eigenvalue weighted by Gasteiger charge is 2.29. The molecule has 0 aromatic carbocycles. The fourth-order valence-electron chi connectivity index (χ4n) is 1.32. The fraction of sp³-hybridized carbons (Fsp3) is 0.400. The molecule has 1 aliphatic rings. The van der Waals surface area contributed by atoms with E-state index in [-0.39, 0.29) is 16.3 Å². The first kappa shape index (κ1) is 10.1. The normalized spacial score (nSPS) is 15.9. The Bertz CT molecular complexity index is 495. The minimum absolute atomic E-state index is 0.209. The monoisotopic (exact) mass is 222 g/mol. The first-order valence-electron chi connectivity index (χ1n) is 4.71. The van der Waals surface area contributed by atoms with Crippen LogP contribution in [-0.2, 0) is 9.84 Å². The lowest BCUT2D eigenvalue weighted by Gasteiger charge is -2.01. The lowest BCUT2D eigenvalue weighted by Crippen LogP contribution is -2.08. The van der Waals surface area contributed by atoms with Gasteiger partial charge in [0.15, 0.2) is 9.84 Å². The number of hydrogen-bond acceptors (Lipinski definition) is 4. The molecule has 1 aromatic heterocycles. The minimum atomic E-state index is -3.19. The summed E-state index contributed by atoms with van der Waals surface area (Å²) in [4.78, 5) is 3.97. The van der Waals surface area contributed by atoms with Crippen LogP contribution in [0.3, 0.4) is 0 Å². The Labute approximate surface area is 88.5 Å². The van der Waals surface area contributed by atoms with Crippen LogP contribution in [0.15, 0.2) is 23.2 Å². The van der Waals surface area contributed by atoms with Crippen molar-refractivity contribution >= 4 is 9.84 Å². The van der Waals surface area contributed by atoms with E-state index < -0.39 is 9.84 Å². The van der Waals surface area contributed by atoms with Gasteiger partial charge in [-0.05, 0) is 30.9 Å². The number of hydrogen-bond donors (Lipinski definition) is 0. The highest BCUT2D eigenvalue weighted by molar-refractivity contribution is 7.91. The second kappa shape index (κ2) is 3.63. The average molecular weight is 222 g/mol. The Morgan fingerprint density at radius 2 is 2.20 bits per heavy atom. The van der Waals surface area contributed by atoms with E-state index in [1.807, 2.05) is 6.07 Å². The molecule has 0 atom stereocenters. The molecule has 4 nitrogen and oxygen atoms in total. The van der Waals surface area contributed by atoms with Gasteiger partial charge in [0.2, 0.25) is 0 Å². The second-order valence-electron chi connectivity index (χ2n) is 3.72. The molecule has 1 fully saturated rings. The van der Waals surface area contributed by atoms with Crippen LogP contribution in [0.2, 0.25) is 0 Å². The predicted molar refractivity (Wildman–Crippen MR) is 53.7 cm³/mol. The third-order valence-corrected chi connectivity index (χ3v) is 4.23. The number of rotatable bonds is 3. The van der Waals surface area contributed by atoms with Crippen molar-refractivity contribution in [2.45, 2.75) is 17.7 Å². The summed E-state index contributed by atoms with van der Waals surface area (Å²) in [5.74, 6) is 0.534. The molecular weight excluding hydrogens is 212 g/mol. The molecule has 0 radical (unpaired) electrons. The molecule has 0 N–H and O–H groups in total. The third kappa shape index (κ3) is 2.34. The SMILES string of the molecule is N#Cc1ccc(S(=O)(=O)CC2CC2)cn1. The molecule has 78 valence electrons. The van der Waals surface area contributed by atoms with Gasteiger partial charge in [0.05, 0.1) is 10.6 Å². The Balaban J connectivity index is 2.24. The highest BCUT2D eigenvalue weighted by Crippen LogP contribution is 2.32. The molecule has 0 bridgehead atoms. The largest absolute Gasteiger partial charge is 0.244 e. The van der Waals surface area contributed by atoms with Crippen molar-refractivity contribution in [3.8, 4) is 6.07 Å². The molecular formula is C10H10N2O2S. The van der Waals surface area contributed by atoms with E-state index in [2.05, 4.69) is 4.98 Å². The fourth-order valence-corrected chi connectivity index (χ4v) is 2.96. The van der Waals surface area contributed by atoms with E-state index in [4.69, 9.17) is 5.26 Å². The van der Waals surface area contributed by atoms with Gasteiger partial charge in [0.25, 0.3) is 0 Å². The van der Waals surface area contributed by atoms with Gasteiger partial charge in [-0.3, -0.25) is 0 Å². The van der Waals surface area contributed by atoms with Crippen LogP contribution >= 0.6 is 0 Å². The van der Waals surface area contributed by atoms with Gasteiger partial charge < -0.3 is 0 Å². The maximum absolute atomic E-state index is 11.8. The van der Waals surface area contributed by atoms with Crippen molar-refractivity contribution < 1.29 is 8.42 Å². The molecule has 0 spiro atoms. The quantitative estimate of drug-likeness (QED) is 0.768. The Kier molecular flexibility index (Phi) is 2.45. The standard InChI is InChI=1S/C10H10N2O2S/c11-5-9-3-4-10(6-12-9)15(13,14)7-8-1-2-8/h3-4,6,8H,1-2,7H2. The van der Waals surface area contributed by atoms with E-state index in [1.165, 1.54) is 18.3 Å². The second-order valence-corrected chi connectivity index (χ2v) is 5.75. The molecule has 15 heavy (non-hydrogen) atoms. The first-order chi connectivity index (χ1) is 7.12. The van der Waals surface area contributed by atoms with Crippen LogP contribution in [-0.4, -0.2) is 19.2 Å². The zero-order valence-electron chi connectivity index (χ0n) is 8.05. The molecule has 1 saturated carbocycles. The topological polar surface area (TPSA) is 70.8 Å². The van der Waals surface area contributed by atoms with Crippen molar-refractivity contribution in [3.63, 3.8) is 0 Å². The zero-order valence-corrected chi connectivity index (χ0v) is 8.87. The van der Waals surface area contributed by atoms with Crippen molar-refractivity contribution in [2.75, 3.05) is 5.75 Å². The van der Waals surface area contributed by atoms with Gasteiger partial charge in [0.1, 0.15) is 11.8 Å². The molecule has 1 heterocycles. The van der Waals surface area contributed by atoms with Gasteiger partial charge in [-0.2, -0.15) is 5.26 Å². The van der Waals surface area contributed by atoms with Crippen LogP contribution in [0.4, 0.5) is 0 Å². The Morgan fingerprint density at radius 1 is 1.47 bits per heavy atom. The number of nitrogens with zero attached hydrogens (tertiary/aromatic N) is 2. The van der Waals surface area contributed by atoms with Gasteiger partial charge in [-0.15, -0.1) is 0 Å². The maximum Gasteiger partial charge on any atom is 0.180 e. The summed E-state index contributed by atoms with van der Waals surface area (Å²) in [5, 5.41) is 8.52. The molecule has 0 aliphatic heterocycles. The predicted octanol–water partition coefficient (Wildman–Crippen LogP) is 1.14. The highest BCUT2D eigenvalue weighted by atomic mass is 32.2. The Hall–Kier alpha value is -1.41. The van der Waals surface area contributed by atoms with Gasteiger partial charge in [0, 0.05) is 6.20 Å². The summed E-state index contributed by atoms with van der Waals surface area (Å²) in [7, 11) is -3.19. The molecule has 1 aliphatic carbocycles. The van der Waals surface area contributed by atoms with Gasteiger partial charge in [-0.25, -0.2) is 13.4 Å². The first-order valence-corrected chi connectivity index (χ1v) is 6.36. The number of sulfone groups is 1. The molecule has 1 aromatic rings. The molecule has 0 amide bonds. The van der Waals surface area contributed by atoms with Gasteiger partial charge >= 0.3 is 0 Å². The molecule has 0 saturated heterocycles. The van der Waals surface area contributed by atoms with Crippen LogP contribution in [0, 0.1) is 17.2 Å². The number of aromatic nitrogens is 1. The zero-order chi connectivity index (χ0) is 10.9. The van der Waals surface area contributed by atoms with Crippen LogP contribution in [0.1, 0.15) is 18.5 Å². The molecule has 0 unspecified atom stereocenters. The summed E-state index contributed by atoms with van der Waals surface area (Å²) >= 11 is 0. The molecule has 2 rings (SSSR count). The number of pyridine rings is 1.